The Morgan fingerprint density at radius 1 is 0.333 bits per heavy atom. The first kappa shape index (κ1) is 29.4. The molecule has 3 heterocycles. The molecule has 0 aliphatic carbocycles. The van der Waals surface area contributed by atoms with Crippen LogP contribution in [-0.2, 0) is 0 Å². The van der Waals surface area contributed by atoms with Crippen LogP contribution in [0.5, 0.6) is 0 Å². The molecule has 0 bridgehead atoms. The van der Waals surface area contributed by atoms with E-state index in [1.807, 2.05) is 72.0 Å². The zero-order valence-corrected chi connectivity index (χ0v) is 28.2. The summed E-state index contributed by atoms with van der Waals surface area (Å²) in [6, 6.07) is 59.1. The fourth-order valence-electron chi connectivity index (χ4n) is 6.98. The predicted molar refractivity (Wildman–Crippen MR) is 213 cm³/mol. The highest BCUT2D eigenvalue weighted by Gasteiger charge is 2.18. The first-order valence-corrected chi connectivity index (χ1v) is 17.8. The van der Waals surface area contributed by atoms with E-state index < -0.39 is 0 Å². The number of aromatic nitrogens is 4. The minimum absolute atomic E-state index is 0.645. The number of nitrogens with zero attached hydrogens (tertiary/aromatic N) is 4. The summed E-state index contributed by atoms with van der Waals surface area (Å²) in [7, 11) is 0. The molecule has 0 saturated heterocycles. The lowest BCUT2D eigenvalue weighted by Crippen LogP contribution is -2.00. The van der Waals surface area contributed by atoms with Crippen molar-refractivity contribution >= 4 is 53.2 Å². The molecule has 51 heavy (non-hydrogen) atoms. The van der Waals surface area contributed by atoms with Crippen molar-refractivity contribution in [2.45, 2.75) is 0 Å². The number of pyridine rings is 1. The summed E-state index contributed by atoms with van der Waals surface area (Å²) in [5, 5.41) is 6.05. The van der Waals surface area contributed by atoms with E-state index in [0.717, 1.165) is 44.6 Å². The second kappa shape index (κ2) is 12.1. The molecule has 10 rings (SSSR count). The van der Waals surface area contributed by atoms with Gasteiger partial charge in [0.05, 0.1) is 11.2 Å². The Labute approximate surface area is 298 Å². The van der Waals surface area contributed by atoms with Gasteiger partial charge in [-0.2, -0.15) is 0 Å². The van der Waals surface area contributed by atoms with Gasteiger partial charge < -0.3 is 0 Å². The second-order valence-corrected chi connectivity index (χ2v) is 13.7. The number of thiophene rings is 1. The number of fused-ring (bicyclic) bond motifs is 7. The topological polar surface area (TPSA) is 51.6 Å². The monoisotopic (exact) mass is 668 g/mol. The Kier molecular flexibility index (Phi) is 6.96. The van der Waals surface area contributed by atoms with E-state index in [0.29, 0.717) is 17.5 Å². The van der Waals surface area contributed by atoms with Gasteiger partial charge in [-0.25, -0.2) is 19.9 Å². The predicted octanol–water partition coefficient (Wildman–Crippen LogP) is 12.3. The molecule has 0 fully saturated rings. The molecule has 238 valence electrons. The highest BCUT2D eigenvalue weighted by atomic mass is 32.1. The summed E-state index contributed by atoms with van der Waals surface area (Å²) in [5.41, 5.74) is 8.27. The molecule has 0 aliphatic rings. The standard InChI is InChI=1S/C46H28N4S/c1-3-12-33(13-4-1)44-48-45(34-14-5-2-6-15-34)50-46(49-44)35-25-21-30(22-26-35)29-19-23-32(24-20-29)41-40-37-17-9-10-18-39(37)51-43(40)38-28-27-31-11-7-8-16-36(31)42(38)47-41/h1-28H. The van der Waals surface area contributed by atoms with Crippen LogP contribution in [0.4, 0.5) is 0 Å². The lowest BCUT2D eigenvalue weighted by atomic mass is 9.98. The molecule has 0 N–H and O–H groups in total. The Morgan fingerprint density at radius 3 is 1.45 bits per heavy atom. The highest BCUT2D eigenvalue weighted by Crippen LogP contribution is 2.44. The smallest absolute Gasteiger partial charge is 0.164 e. The molecule has 0 atom stereocenters. The Balaban J connectivity index is 1.04. The van der Waals surface area contributed by atoms with Crippen LogP contribution in [0.1, 0.15) is 0 Å². The van der Waals surface area contributed by atoms with Crippen molar-refractivity contribution < 1.29 is 0 Å². The van der Waals surface area contributed by atoms with Crippen LogP contribution >= 0.6 is 11.3 Å². The summed E-state index contributed by atoms with van der Waals surface area (Å²) in [6.45, 7) is 0. The van der Waals surface area contributed by atoms with Gasteiger partial charge in [0, 0.05) is 53.2 Å². The molecule has 0 unspecified atom stereocenters. The molecule has 5 heteroatoms. The van der Waals surface area contributed by atoms with Crippen LogP contribution in [0.3, 0.4) is 0 Å². The van der Waals surface area contributed by atoms with E-state index >= 15 is 0 Å². The van der Waals surface area contributed by atoms with Crippen LogP contribution < -0.4 is 0 Å². The maximum Gasteiger partial charge on any atom is 0.164 e. The van der Waals surface area contributed by atoms with E-state index in [2.05, 4.69) is 109 Å². The molecule has 4 nitrogen and oxygen atoms in total. The zero-order valence-electron chi connectivity index (χ0n) is 27.4. The first-order chi connectivity index (χ1) is 25.3. The van der Waals surface area contributed by atoms with Crippen molar-refractivity contribution in [3.63, 3.8) is 0 Å². The second-order valence-electron chi connectivity index (χ2n) is 12.6. The largest absolute Gasteiger partial charge is 0.246 e. The number of hydrogen-bond acceptors (Lipinski definition) is 5. The van der Waals surface area contributed by atoms with E-state index in [1.165, 1.54) is 36.3 Å². The van der Waals surface area contributed by atoms with Crippen molar-refractivity contribution in [1.82, 2.24) is 19.9 Å². The maximum absolute atomic E-state index is 5.42. The normalized spacial score (nSPS) is 11.5. The SMILES string of the molecule is c1ccc(-c2nc(-c3ccccc3)nc(-c3ccc(-c4ccc(-c5nc6c7ccccc7ccc6c6sc7ccccc7c56)cc4)cc3)n2)cc1. The summed E-state index contributed by atoms with van der Waals surface area (Å²) in [4.78, 5) is 20.1. The van der Waals surface area contributed by atoms with Crippen LogP contribution in [-0.4, -0.2) is 19.9 Å². The minimum atomic E-state index is 0.645. The van der Waals surface area contributed by atoms with Crippen molar-refractivity contribution in [1.29, 1.82) is 0 Å². The lowest BCUT2D eigenvalue weighted by molar-refractivity contribution is 1.07. The van der Waals surface area contributed by atoms with Crippen molar-refractivity contribution in [3.05, 3.63) is 170 Å². The van der Waals surface area contributed by atoms with Gasteiger partial charge in [-0.05, 0) is 22.6 Å². The molecular weight excluding hydrogens is 641 g/mol. The van der Waals surface area contributed by atoms with Crippen LogP contribution in [0, 0.1) is 0 Å². The summed E-state index contributed by atoms with van der Waals surface area (Å²) >= 11 is 1.85. The van der Waals surface area contributed by atoms with E-state index in [4.69, 9.17) is 19.9 Å². The fourth-order valence-corrected chi connectivity index (χ4v) is 8.21. The molecule has 0 spiro atoms. The number of benzene rings is 7. The maximum atomic E-state index is 5.42. The van der Waals surface area contributed by atoms with Gasteiger partial charge in [-0.15, -0.1) is 11.3 Å². The molecule has 3 aromatic heterocycles. The van der Waals surface area contributed by atoms with Gasteiger partial charge in [0.1, 0.15) is 0 Å². The van der Waals surface area contributed by atoms with Gasteiger partial charge in [-0.3, -0.25) is 0 Å². The highest BCUT2D eigenvalue weighted by molar-refractivity contribution is 7.26. The third-order valence-corrected chi connectivity index (χ3v) is 10.7. The number of rotatable bonds is 5. The van der Waals surface area contributed by atoms with Gasteiger partial charge in [0.2, 0.25) is 0 Å². The van der Waals surface area contributed by atoms with Gasteiger partial charge in [0.15, 0.2) is 17.5 Å². The van der Waals surface area contributed by atoms with Crippen molar-refractivity contribution in [3.8, 4) is 56.5 Å². The van der Waals surface area contributed by atoms with Gasteiger partial charge in [0.25, 0.3) is 0 Å². The third-order valence-electron chi connectivity index (χ3n) is 9.54. The molecule has 10 aromatic rings. The van der Waals surface area contributed by atoms with Gasteiger partial charge in [-0.1, -0.05) is 164 Å². The Morgan fingerprint density at radius 2 is 0.824 bits per heavy atom. The van der Waals surface area contributed by atoms with Gasteiger partial charge >= 0.3 is 0 Å². The third kappa shape index (κ3) is 5.14. The lowest BCUT2D eigenvalue weighted by Gasteiger charge is -2.11. The molecule has 7 aromatic carbocycles. The van der Waals surface area contributed by atoms with E-state index in [9.17, 15) is 0 Å². The van der Waals surface area contributed by atoms with Crippen molar-refractivity contribution in [2.24, 2.45) is 0 Å². The molecule has 0 amide bonds. The van der Waals surface area contributed by atoms with Crippen LogP contribution in [0.25, 0.3) is 98.4 Å². The fraction of sp³-hybridized carbons (Fsp3) is 0. The summed E-state index contributed by atoms with van der Waals surface area (Å²) in [6.07, 6.45) is 0. The average Bonchev–Trinajstić information content (AvgIpc) is 3.61. The van der Waals surface area contributed by atoms with Crippen LogP contribution in [0.2, 0.25) is 0 Å². The van der Waals surface area contributed by atoms with E-state index in [-0.39, 0.29) is 0 Å². The van der Waals surface area contributed by atoms with E-state index in [1.54, 1.807) is 0 Å². The molecule has 0 radical (unpaired) electrons. The summed E-state index contributed by atoms with van der Waals surface area (Å²) in [5.74, 6) is 1.95. The zero-order chi connectivity index (χ0) is 33.7. The van der Waals surface area contributed by atoms with Crippen molar-refractivity contribution in [2.75, 3.05) is 0 Å². The summed E-state index contributed by atoms with van der Waals surface area (Å²) < 4.78 is 2.56. The minimum Gasteiger partial charge on any atom is -0.246 e. The van der Waals surface area contributed by atoms with Crippen LogP contribution in [0.15, 0.2) is 170 Å². The average molecular weight is 669 g/mol. The molecule has 0 saturated carbocycles. The molecular formula is C46H28N4S. The Hall–Kier alpha value is -6.56. The first-order valence-electron chi connectivity index (χ1n) is 17.0. The number of hydrogen-bond donors (Lipinski definition) is 0. The molecule has 0 aliphatic heterocycles. The quantitative estimate of drug-likeness (QED) is 0.171. The Bertz CT molecular complexity index is 2820.